The normalized spacial score (nSPS) is 15.0. The van der Waals surface area contributed by atoms with Crippen molar-refractivity contribution in [1.82, 2.24) is 10.3 Å². The van der Waals surface area contributed by atoms with Crippen LogP contribution in [-0.4, -0.2) is 30.6 Å². The number of aromatic nitrogens is 1. The predicted molar refractivity (Wildman–Crippen MR) is 64.0 cm³/mol. The number of nitrogens with zero attached hydrogens (tertiary/aromatic N) is 1. The number of nitrogens with two attached hydrogens (primary N) is 1. The Kier molecular flexibility index (Phi) is 3.88. The van der Waals surface area contributed by atoms with Gasteiger partial charge in [-0.25, -0.2) is 9.37 Å². The van der Waals surface area contributed by atoms with Crippen LogP contribution in [0.2, 0.25) is 0 Å². The lowest BCUT2D eigenvalue weighted by Gasteiger charge is -2.16. The maximum Gasteiger partial charge on any atom is 0.253 e. The number of ether oxygens (including phenoxy) is 1. The Morgan fingerprint density at radius 2 is 2.50 bits per heavy atom. The summed E-state index contributed by atoms with van der Waals surface area (Å²) < 4.78 is 17.6. The van der Waals surface area contributed by atoms with Gasteiger partial charge in [-0.15, -0.1) is 0 Å². The van der Waals surface area contributed by atoms with Crippen LogP contribution in [0.3, 0.4) is 0 Å². The van der Waals surface area contributed by atoms with Crippen LogP contribution in [0.1, 0.15) is 15.9 Å². The largest absolute Gasteiger partial charge is 0.473 e. The average molecular weight is 251 g/mol. The van der Waals surface area contributed by atoms with Crippen molar-refractivity contribution in [3.05, 3.63) is 35.3 Å². The molecule has 1 aliphatic rings. The molecule has 0 saturated heterocycles. The highest BCUT2D eigenvalue weighted by Gasteiger charge is 2.17. The molecule has 3 N–H and O–H groups in total. The Morgan fingerprint density at radius 3 is 3.22 bits per heavy atom. The van der Waals surface area contributed by atoms with E-state index < -0.39 is 0 Å². The molecule has 5 nitrogen and oxygen atoms in total. The molecule has 0 radical (unpaired) electrons. The number of pyridine rings is 1. The third kappa shape index (κ3) is 2.65. The van der Waals surface area contributed by atoms with E-state index in [1.807, 2.05) is 0 Å². The molecular formula is C12H14FN3O2. The first-order chi connectivity index (χ1) is 8.74. The van der Waals surface area contributed by atoms with Crippen LogP contribution < -0.4 is 15.8 Å². The zero-order valence-corrected chi connectivity index (χ0v) is 9.78. The number of carbonyl (C=O) groups excluding carboxylic acids is 1. The SMILES string of the molecule is NC/C(=C\F)COc1cc2c(cn1)C(=O)NCC2. The summed E-state index contributed by atoms with van der Waals surface area (Å²) in [6.45, 7) is 0.766. The van der Waals surface area contributed by atoms with Crippen LogP contribution in [-0.2, 0) is 6.42 Å². The number of nitrogens with one attached hydrogen (secondary N) is 1. The van der Waals surface area contributed by atoms with Gasteiger partial charge in [-0.05, 0) is 12.0 Å². The van der Waals surface area contributed by atoms with Crippen molar-refractivity contribution in [2.24, 2.45) is 5.73 Å². The number of amides is 1. The standard InChI is InChI=1S/C12H14FN3O2/c13-4-8(5-14)7-18-11-3-9-1-2-15-12(17)10(9)6-16-11/h3-4,6H,1-2,5,7,14H2,(H,15,17)/b8-4+. The van der Waals surface area contributed by atoms with Crippen molar-refractivity contribution in [3.63, 3.8) is 0 Å². The van der Waals surface area contributed by atoms with E-state index in [0.717, 1.165) is 12.0 Å². The summed E-state index contributed by atoms with van der Waals surface area (Å²) in [4.78, 5) is 15.5. The van der Waals surface area contributed by atoms with E-state index in [1.165, 1.54) is 6.20 Å². The third-order valence-electron chi connectivity index (χ3n) is 2.71. The summed E-state index contributed by atoms with van der Waals surface area (Å²) >= 11 is 0. The fourth-order valence-electron chi connectivity index (χ4n) is 1.67. The third-order valence-corrected chi connectivity index (χ3v) is 2.71. The summed E-state index contributed by atoms with van der Waals surface area (Å²) in [6.07, 6.45) is 2.65. The lowest BCUT2D eigenvalue weighted by atomic mass is 10.0. The summed E-state index contributed by atoms with van der Waals surface area (Å²) in [5.41, 5.74) is 7.12. The molecule has 1 aliphatic heterocycles. The highest BCUT2D eigenvalue weighted by atomic mass is 19.1. The average Bonchev–Trinajstić information content (AvgIpc) is 2.40. The Morgan fingerprint density at radius 1 is 1.67 bits per heavy atom. The number of fused-ring (bicyclic) bond motifs is 1. The molecule has 2 rings (SSSR count). The highest BCUT2D eigenvalue weighted by Crippen LogP contribution is 2.18. The van der Waals surface area contributed by atoms with E-state index >= 15 is 0 Å². The molecule has 1 aromatic heterocycles. The first-order valence-electron chi connectivity index (χ1n) is 5.62. The number of halogens is 1. The maximum atomic E-state index is 12.3. The van der Waals surface area contributed by atoms with Crippen LogP contribution in [0, 0.1) is 0 Å². The zero-order valence-electron chi connectivity index (χ0n) is 9.78. The summed E-state index contributed by atoms with van der Waals surface area (Å²) in [5.74, 6) is 0.248. The van der Waals surface area contributed by atoms with E-state index in [4.69, 9.17) is 10.5 Å². The Bertz CT molecular complexity index is 488. The molecule has 2 heterocycles. The van der Waals surface area contributed by atoms with Crippen molar-refractivity contribution < 1.29 is 13.9 Å². The lowest BCUT2D eigenvalue weighted by molar-refractivity contribution is 0.0945. The van der Waals surface area contributed by atoms with Crippen LogP contribution in [0.25, 0.3) is 0 Å². The first kappa shape index (κ1) is 12.5. The van der Waals surface area contributed by atoms with E-state index in [1.54, 1.807) is 6.07 Å². The molecule has 0 aliphatic carbocycles. The Hall–Kier alpha value is -1.95. The summed E-state index contributed by atoms with van der Waals surface area (Å²) in [7, 11) is 0. The van der Waals surface area contributed by atoms with Gasteiger partial charge in [0.25, 0.3) is 5.91 Å². The Labute approximate surface area is 104 Å². The highest BCUT2D eigenvalue weighted by molar-refractivity contribution is 5.96. The maximum absolute atomic E-state index is 12.3. The molecule has 0 unspecified atom stereocenters. The minimum atomic E-state index is -0.124. The van der Waals surface area contributed by atoms with Crippen molar-refractivity contribution in [1.29, 1.82) is 0 Å². The van der Waals surface area contributed by atoms with Gasteiger partial charge in [-0.1, -0.05) is 0 Å². The van der Waals surface area contributed by atoms with E-state index in [9.17, 15) is 9.18 Å². The van der Waals surface area contributed by atoms with Gasteiger partial charge >= 0.3 is 0 Å². The van der Waals surface area contributed by atoms with Gasteiger partial charge in [0.15, 0.2) is 0 Å². The molecule has 0 spiro atoms. The molecule has 0 saturated carbocycles. The molecule has 1 aromatic rings. The van der Waals surface area contributed by atoms with Crippen molar-refractivity contribution in [2.45, 2.75) is 6.42 Å². The smallest absolute Gasteiger partial charge is 0.253 e. The number of hydrogen-bond donors (Lipinski definition) is 2. The van der Waals surface area contributed by atoms with Crippen molar-refractivity contribution >= 4 is 5.91 Å². The first-order valence-corrected chi connectivity index (χ1v) is 5.62. The van der Waals surface area contributed by atoms with Crippen molar-refractivity contribution in [3.8, 4) is 5.88 Å². The van der Waals surface area contributed by atoms with Gasteiger partial charge in [0.2, 0.25) is 5.88 Å². The van der Waals surface area contributed by atoms with Crippen LogP contribution in [0.5, 0.6) is 5.88 Å². The van der Waals surface area contributed by atoms with Gasteiger partial charge in [-0.2, -0.15) is 0 Å². The molecular weight excluding hydrogens is 237 g/mol. The topological polar surface area (TPSA) is 77.2 Å². The van der Waals surface area contributed by atoms with E-state index in [-0.39, 0.29) is 19.1 Å². The molecule has 96 valence electrons. The van der Waals surface area contributed by atoms with Gasteiger partial charge in [0.05, 0.1) is 11.9 Å². The van der Waals surface area contributed by atoms with Gasteiger partial charge in [0.1, 0.15) is 6.61 Å². The lowest BCUT2D eigenvalue weighted by Crippen LogP contribution is -2.31. The second-order valence-corrected chi connectivity index (χ2v) is 3.95. The predicted octanol–water partition coefficient (Wildman–Crippen LogP) is 0.558. The second-order valence-electron chi connectivity index (χ2n) is 3.95. The molecule has 0 bridgehead atoms. The Balaban J connectivity index is 2.09. The summed E-state index contributed by atoms with van der Waals surface area (Å²) in [6, 6.07) is 1.71. The fourth-order valence-corrected chi connectivity index (χ4v) is 1.67. The monoisotopic (exact) mass is 251 g/mol. The van der Waals surface area contributed by atoms with E-state index in [2.05, 4.69) is 10.3 Å². The minimum absolute atomic E-state index is 0.0605. The van der Waals surface area contributed by atoms with Gasteiger partial charge in [0, 0.05) is 30.9 Å². The zero-order chi connectivity index (χ0) is 13.0. The van der Waals surface area contributed by atoms with Crippen LogP contribution in [0.15, 0.2) is 24.2 Å². The molecule has 6 heteroatoms. The number of hydrogen-bond acceptors (Lipinski definition) is 4. The van der Waals surface area contributed by atoms with Gasteiger partial charge in [-0.3, -0.25) is 4.79 Å². The minimum Gasteiger partial charge on any atom is -0.473 e. The quantitative estimate of drug-likeness (QED) is 0.819. The number of carbonyl (C=O) groups is 1. The second kappa shape index (κ2) is 5.59. The molecule has 18 heavy (non-hydrogen) atoms. The van der Waals surface area contributed by atoms with Crippen LogP contribution >= 0.6 is 0 Å². The number of rotatable bonds is 4. The molecule has 0 aromatic carbocycles. The molecule has 0 fully saturated rings. The molecule has 1 amide bonds. The molecule has 0 atom stereocenters. The van der Waals surface area contributed by atoms with Crippen molar-refractivity contribution in [2.75, 3.05) is 19.7 Å². The van der Waals surface area contributed by atoms with Crippen LogP contribution in [0.4, 0.5) is 4.39 Å². The fraction of sp³-hybridized carbons (Fsp3) is 0.333. The summed E-state index contributed by atoms with van der Waals surface area (Å²) in [5, 5.41) is 2.73. The van der Waals surface area contributed by atoms with E-state index in [0.29, 0.717) is 29.9 Å². The van der Waals surface area contributed by atoms with Gasteiger partial charge < -0.3 is 15.8 Å².